The topological polar surface area (TPSA) is 17.1 Å². The second-order valence-corrected chi connectivity index (χ2v) is 6.65. The lowest BCUT2D eigenvalue weighted by atomic mass is 9.87. The lowest BCUT2D eigenvalue weighted by Gasteiger charge is -2.19. The van der Waals surface area contributed by atoms with E-state index in [1.54, 1.807) is 6.08 Å². The molecular weight excluding hydrogens is 232 g/mol. The van der Waals surface area contributed by atoms with E-state index in [1.165, 1.54) is 6.42 Å². The van der Waals surface area contributed by atoms with Crippen LogP contribution in [0.25, 0.3) is 0 Å². The summed E-state index contributed by atoms with van der Waals surface area (Å²) in [6.45, 7) is 15.1. The molecule has 0 rings (SSSR count). The van der Waals surface area contributed by atoms with Crippen LogP contribution in [0, 0.1) is 23.7 Å². The molecule has 0 aliphatic carbocycles. The van der Waals surface area contributed by atoms with Crippen molar-refractivity contribution in [2.24, 2.45) is 23.7 Å². The highest BCUT2D eigenvalue weighted by atomic mass is 16.1. The first-order valence-electron chi connectivity index (χ1n) is 7.62. The van der Waals surface area contributed by atoms with Crippen LogP contribution in [0.5, 0.6) is 0 Å². The molecule has 0 aromatic heterocycles. The molecule has 2 atom stereocenters. The molecule has 2 unspecified atom stereocenters. The summed E-state index contributed by atoms with van der Waals surface area (Å²) in [5.41, 5.74) is 1.06. The molecule has 0 saturated carbocycles. The predicted octanol–water partition coefficient (Wildman–Crippen LogP) is 5.42. The molecular formula is C18H32O. The third kappa shape index (κ3) is 8.80. The highest BCUT2D eigenvalue weighted by Gasteiger charge is 2.10. The predicted molar refractivity (Wildman–Crippen MR) is 85.1 cm³/mol. The summed E-state index contributed by atoms with van der Waals surface area (Å²) in [6, 6.07) is 0. The van der Waals surface area contributed by atoms with Gasteiger partial charge >= 0.3 is 0 Å². The quantitative estimate of drug-likeness (QED) is 0.422. The number of carbonyl (C=O) groups excluding carboxylic acids is 1. The lowest BCUT2D eigenvalue weighted by Crippen LogP contribution is -2.08. The van der Waals surface area contributed by atoms with Gasteiger partial charge in [-0.05, 0) is 49.2 Å². The van der Waals surface area contributed by atoms with Crippen LogP contribution in [0.15, 0.2) is 23.8 Å². The molecule has 19 heavy (non-hydrogen) atoms. The SMILES string of the molecule is CC(/C=C/CC(C)CC(C)C(C)C)=C\C(=O)C(C)C. The highest BCUT2D eigenvalue weighted by molar-refractivity contribution is 5.92. The second kappa shape index (κ2) is 9.12. The van der Waals surface area contributed by atoms with E-state index in [1.807, 2.05) is 20.8 Å². The van der Waals surface area contributed by atoms with Crippen molar-refractivity contribution in [1.29, 1.82) is 0 Å². The third-order valence-corrected chi connectivity index (χ3v) is 3.77. The highest BCUT2D eigenvalue weighted by Crippen LogP contribution is 2.21. The molecule has 0 aliphatic rings. The van der Waals surface area contributed by atoms with Crippen LogP contribution < -0.4 is 0 Å². The molecule has 0 spiro atoms. The van der Waals surface area contributed by atoms with Crippen molar-refractivity contribution < 1.29 is 4.79 Å². The van der Waals surface area contributed by atoms with Crippen molar-refractivity contribution in [3.05, 3.63) is 23.8 Å². The van der Waals surface area contributed by atoms with E-state index in [-0.39, 0.29) is 11.7 Å². The van der Waals surface area contributed by atoms with Crippen LogP contribution in [-0.2, 0) is 4.79 Å². The minimum Gasteiger partial charge on any atom is -0.295 e. The normalized spacial score (nSPS) is 16.4. The van der Waals surface area contributed by atoms with Gasteiger partial charge in [-0.25, -0.2) is 0 Å². The molecule has 0 radical (unpaired) electrons. The molecule has 0 aromatic carbocycles. The molecule has 0 heterocycles. The molecule has 1 heteroatoms. The summed E-state index contributed by atoms with van der Waals surface area (Å²) < 4.78 is 0. The van der Waals surface area contributed by atoms with Gasteiger partial charge in [0.15, 0.2) is 5.78 Å². The number of ketones is 1. The van der Waals surface area contributed by atoms with E-state index < -0.39 is 0 Å². The molecule has 0 N–H and O–H groups in total. The van der Waals surface area contributed by atoms with Gasteiger partial charge in [0.2, 0.25) is 0 Å². The zero-order valence-corrected chi connectivity index (χ0v) is 13.9. The number of rotatable bonds is 8. The van der Waals surface area contributed by atoms with Crippen LogP contribution in [-0.4, -0.2) is 5.78 Å². The Morgan fingerprint density at radius 1 is 1.05 bits per heavy atom. The minimum absolute atomic E-state index is 0.0918. The van der Waals surface area contributed by atoms with E-state index in [4.69, 9.17) is 0 Å². The van der Waals surface area contributed by atoms with Crippen LogP contribution in [0.2, 0.25) is 0 Å². The maximum atomic E-state index is 11.6. The molecule has 0 saturated heterocycles. The van der Waals surface area contributed by atoms with Crippen molar-refractivity contribution >= 4 is 5.78 Å². The number of hydrogen-bond donors (Lipinski definition) is 0. The van der Waals surface area contributed by atoms with E-state index >= 15 is 0 Å². The van der Waals surface area contributed by atoms with Crippen molar-refractivity contribution in [1.82, 2.24) is 0 Å². The van der Waals surface area contributed by atoms with E-state index in [2.05, 4.69) is 39.8 Å². The number of carbonyl (C=O) groups is 1. The Labute approximate surface area is 120 Å². The number of allylic oxidation sites excluding steroid dienone is 4. The van der Waals surface area contributed by atoms with Crippen LogP contribution in [0.3, 0.4) is 0 Å². The third-order valence-electron chi connectivity index (χ3n) is 3.77. The lowest BCUT2D eigenvalue weighted by molar-refractivity contribution is -0.117. The summed E-state index contributed by atoms with van der Waals surface area (Å²) in [4.78, 5) is 11.6. The number of hydrogen-bond acceptors (Lipinski definition) is 1. The summed E-state index contributed by atoms with van der Waals surface area (Å²) in [5, 5.41) is 0. The van der Waals surface area contributed by atoms with Crippen LogP contribution in [0.4, 0.5) is 0 Å². The monoisotopic (exact) mass is 264 g/mol. The Morgan fingerprint density at radius 2 is 1.63 bits per heavy atom. The first-order valence-corrected chi connectivity index (χ1v) is 7.62. The fourth-order valence-corrected chi connectivity index (χ4v) is 1.93. The Hall–Kier alpha value is -0.850. The maximum absolute atomic E-state index is 11.6. The molecule has 0 fully saturated rings. The summed E-state index contributed by atoms with van der Waals surface area (Å²) in [5.74, 6) is 2.55. The molecule has 0 aromatic rings. The van der Waals surface area contributed by atoms with Gasteiger partial charge in [0.05, 0.1) is 0 Å². The van der Waals surface area contributed by atoms with Gasteiger partial charge in [-0.1, -0.05) is 53.7 Å². The van der Waals surface area contributed by atoms with Crippen molar-refractivity contribution in [2.75, 3.05) is 0 Å². The van der Waals surface area contributed by atoms with Crippen molar-refractivity contribution in [3.63, 3.8) is 0 Å². The smallest absolute Gasteiger partial charge is 0.158 e. The fraction of sp³-hybridized carbons (Fsp3) is 0.722. The Balaban J connectivity index is 4.18. The molecule has 1 nitrogen and oxygen atoms in total. The largest absolute Gasteiger partial charge is 0.295 e. The van der Waals surface area contributed by atoms with Gasteiger partial charge in [-0.2, -0.15) is 0 Å². The zero-order chi connectivity index (χ0) is 15.0. The second-order valence-electron chi connectivity index (χ2n) is 6.65. The zero-order valence-electron chi connectivity index (χ0n) is 13.9. The molecule has 0 amide bonds. The Bertz CT molecular complexity index is 321. The minimum atomic E-state index is 0.0918. The van der Waals surface area contributed by atoms with E-state index in [0.29, 0.717) is 5.92 Å². The van der Waals surface area contributed by atoms with Gasteiger partial charge in [0, 0.05) is 5.92 Å². The van der Waals surface area contributed by atoms with Crippen LogP contribution in [0.1, 0.15) is 61.3 Å². The van der Waals surface area contributed by atoms with Crippen molar-refractivity contribution in [2.45, 2.75) is 61.3 Å². The van der Waals surface area contributed by atoms with Gasteiger partial charge in [0.25, 0.3) is 0 Å². The summed E-state index contributed by atoms with van der Waals surface area (Å²) in [6.07, 6.45) is 8.41. The van der Waals surface area contributed by atoms with E-state index in [0.717, 1.165) is 23.8 Å². The van der Waals surface area contributed by atoms with Gasteiger partial charge < -0.3 is 0 Å². The first-order chi connectivity index (χ1) is 8.73. The molecule has 0 aliphatic heterocycles. The molecule has 0 bridgehead atoms. The average molecular weight is 264 g/mol. The fourth-order valence-electron chi connectivity index (χ4n) is 1.93. The summed E-state index contributed by atoms with van der Waals surface area (Å²) in [7, 11) is 0. The van der Waals surface area contributed by atoms with Crippen LogP contribution >= 0.6 is 0 Å². The molecule has 110 valence electrons. The maximum Gasteiger partial charge on any atom is 0.158 e. The Kier molecular flexibility index (Phi) is 8.71. The first kappa shape index (κ1) is 18.1. The van der Waals surface area contributed by atoms with Crippen molar-refractivity contribution in [3.8, 4) is 0 Å². The average Bonchev–Trinajstić information content (AvgIpc) is 2.28. The standard InChI is InChI=1S/C18H32O/c1-13(2)17(7)11-15(5)9-8-10-16(6)12-18(19)14(3)4/h8,10,12-15,17H,9,11H2,1-7H3/b10-8+,16-12+. The van der Waals surface area contributed by atoms with E-state index in [9.17, 15) is 4.79 Å². The van der Waals surface area contributed by atoms with Gasteiger partial charge in [-0.15, -0.1) is 0 Å². The van der Waals surface area contributed by atoms with Gasteiger partial charge in [-0.3, -0.25) is 4.79 Å². The Morgan fingerprint density at radius 3 is 2.11 bits per heavy atom. The summed E-state index contributed by atoms with van der Waals surface area (Å²) >= 11 is 0. The van der Waals surface area contributed by atoms with Gasteiger partial charge in [0.1, 0.15) is 0 Å².